The highest BCUT2D eigenvalue weighted by atomic mass is 35.5. The summed E-state index contributed by atoms with van der Waals surface area (Å²) in [6.07, 6.45) is 6.78. The number of ketones is 1. The summed E-state index contributed by atoms with van der Waals surface area (Å²) in [5.74, 6) is 0.535. The molecule has 1 fully saturated rings. The van der Waals surface area contributed by atoms with Gasteiger partial charge in [0.2, 0.25) is 5.91 Å². The highest BCUT2D eigenvalue weighted by Crippen LogP contribution is 2.25. The van der Waals surface area contributed by atoms with Crippen LogP contribution in [-0.2, 0) is 43.2 Å². The predicted molar refractivity (Wildman–Crippen MR) is 177 cm³/mol. The van der Waals surface area contributed by atoms with Crippen LogP contribution in [0.3, 0.4) is 0 Å². The number of thioether (sulfide) groups is 1. The smallest absolute Gasteiger partial charge is 0.328 e. The Morgan fingerprint density at radius 2 is 1.84 bits per heavy atom. The van der Waals surface area contributed by atoms with Crippen molar-refractivity contribution in [3.8, 4) is 5.75 Å². The van der Waals surface area contributed by atoms with E-state index in [9.17, 15) is 14.4 Å². The lowest BCUT2D eigenvalue weighted by molar-refractivity contribution is -0.147. The lowest BCUT2D eigenvalue weighted by atomic mass is 9.90. The number of carbonyl (C=O) groups is 3. The van der Waals surface area contributed by atoms with Crippen LogP contribution < -0.4 is 15.4 Å². The Morgan fingerprint density at radius 3 is 2.49 bits per heavy atom. The monoisotopic (exact) mass is 658 g/mol. The number of amides is 1. The number of carbonyl (C=O) groups excluding carboxylic acids is 3. The van der Waals surface area contributed by atoms with E-state index < -0.39 is 29.6 Å². The highest BCUT2D eigenvalue weighted by molar-refractivity contribution is 7.98. The van der Waals surface area contributed by atoms with Crippen LogP contribution in [0.2, 0.25) is 0 Å². The van der Waals surface area contributed by atoms with Crippen molar-refractivity contribution in [3.63, 3.8) is 0 Å². The number of benzene rings is 2. The van der Waals surface area contributed by atoms with Crippen LogP contribution in [0.25, 0.3) is 0 Å². The van der Waals surface area contributed by atoms with Crippen molar-refractivity contribution in [1.29, 1.82) is 0 Å². The zero-order chi connectivity index (χ0) is 31.4. The van der Waals surface area contributed by atoms with Crippen molar-refractivity contribution in [2.75, 3.05) is 39.4 Å². The third-order valence-electron chi connectivity index (χ3n) is 7.93. The molecular formula is C33H43ClN4O6S. The van der Waals surface area contributed by atoms with Crippen molar-refractivity contribution >= 4 is 41.8 Å². The van der Waals surface area contributed by atoms with Crippen LogP contribution in [0.1, 0.15) is 36.1 Å². The molecule has 0 spiro atoms. The minimum absolute atomic E-state index is 0. The van der Waals surface area contributed by atoms with Crippen LogP contribution in [0, 0.1) is 0 Å². The number of hydrogen-bond acceptors (Lipinski definition) is 9. The van der Waals surface area contributed by atoms with Crippen molar-refractivity contribution in [2.45, 2.75) is 56.3 Å². The first-order valence-electron chi connectivity index (χ1n) is 14.8. The van der Waals surface area contributed by atoms with Gasteiger partial charge in [-0.25, -0.2) is 9.78 Å². The lowest BCUT2D eigenvalue weighted by Crippen LogP contribution is -2.54. The largest absolute Gasteiger partial charge is 0.497 e. The average Bonchev–Trinajstić information content (AvgIpc) is 3.72. The fourth-order valence-corrected chi connectivity index (χ4v) is 5.81. The molecule has 4 rings (SSSR count). The molecule has 0 radical (unpaired) electrons. The normalized spacial score (nSPS) is 17.1. The van der Waals surface area contributed by atoms with Crippen LogP contribution in [-0.4, -0.2) is 84.3 Å². The van der Waals surface area contributed by atoms with E-state index in [4.69, 9.17) is 14.2 Å². The summed E-state index contributed by atoms with van der Waals surface area (Å²) in [6.45, 7) is 1.27. The van der Waals surface area contributed by atoms with Gasteiger partial charge in [-0.05, 0) is 61.1 Å². The summed E-state index contributed by atoms with van der Waals surface area (Å²) in [5, 5.41) is 6.23. The number of hydrogen-bond donors (Lipinski definition) is 2. The summed E-state index contributed by atoms with van der Waals surface area (Å²) in [6, 6.07) is 16.6. The summed E-state index contributed by atoms with van der Waals surface area (Å²) >= 11 is 1.58. The number of esters is 1. The summed E-state index contributed by atoms with van der Waals surface area (Å²) in [4.78, 5) is 44.2. The third-order valence-corrected chi connectivity index (χ3v) is 8.57. The van der Waals surface area contributed by atoms with Gasteiger partial charge in [-0.15, -0.1) is 12.4 Å². The molecule has 1 unspecified atom stereocenters. The Morgan fingerprint density at radius 1 is 1.09 bits per heavy atom. The number of aromatic nitrogens is 2. The minimum atomic E-state index is -0.939. The van der Waals surface area contributed by atoms with E-state index in [1.807, 2.05) is 65.4 Å². The number of nitrogens with zero attached hydrogens (tertiary/aromatic N) is 2. The van der Waals surface area contributed by atoms with Crippen LogP contribution in [0.5, 0.6) is 5.75 Å². The van der Waals surface area contributed by atoms with Crippen molar-refractivity contribution in [1.82, 2.24) is 20.2 Å². The molecule has 1 aromatic heterocycles. The van der Waals surface area contributed by atoms with Gasteiger partial charge in [-0.2, -0.15) is 11.8 Å². The molecule has 1 aliphatic heterocycles. The molecule has 0 saturated carbocycles. The molecule has 2 N–H and O–H groups in total. The van der Waals surface area contributed by atoms with Gasteiger partial charge in [-0.3, -0.25) is 9.59 Å². The topological polar surface area (TPSA) is 121 Å². The maximum absolute atomic E-state index is 13.9. The molecule has 45 heavy (non-hydrogen) atoms. The van der Waals surface area contributed by atoms with Gasteiger partial charge in [-0.1, -0.05) is 42.5 Å². The lowest BCUT2D eigenvalue weighted by Gasteiger charge is -2.30. The molecule has 1 saturated heterocycles. The molecule has 0 bridgehead atoms. The first kappa shape index (κ1) is 36.1. The number of ether oxygens (including phenoxy) is 3. The van der Waals surface area contributed by atoms with Crippen molar-refractivity contribution in [2.24, 2.45) is 0 Å². The predicted octanol–water partition coefficient (Wildman–Crippen LogP) is 3.63. The van der Waals surface area contributed by atoms with Gasteiger partial charge >= 0.3 is 5.97 Å². The van der Waals surface area contributed by atoms with Gasteiger partial charge in [0.25, 0.3) is 0 Å². The zero-order valence-electron chi connectivity index (χ0n) is 26.0. The molecule has 0 aliphatic carbocycles. The average molecular weight is 659 g/mol. The van der Waals surface area contributed by atoms with Gasteiger partial charge in [0.1, 0.15) is 23.4 Å². The van der Waals surface area contributed by atoms with Crippen LogP contribution >= 0.6 is 24.2 Å². The SMILES string of the molecule is COC(=O)[C@@H](CCSC)NC(=O)C(Cc1ccccc1)OC[C@]1(C(=O)Cc2cncn2Cc2ccc(OC)cc2)CCCN1.Cl. The number of imidazole rings is 1. The molecule has 244 valence electrons. The fraction of sp³-hybridized carbons (Fsp3) is 0.455. The zero-order valence-corrected chi connectivity index (χ0v) is 27.7. The van der Waals surface area contributed by atoms with E-state index in [1.165, 1.54) is 7.11 Å². The van der Waals surface area contributed by atoms with E-state index in [0.717, 1.165) is 29.0 Å². The molecule has 1 amide bonds. The number of rotatable bonds is 17. The van der Waals surface area contributed by atoms with E-state index in [1.54, 1.807) is 31.4 Å². The number of methoxy groups -OCH3 is 2. The van der Waals surface area contributed by atoms with Crippen molar-refractivity contribution in [3.05, 3.63) is 83.9 Å². The molecule has 1 aliphatic rings. The Bertz CT molecular complexity index is 1370. The quantitative estimate of drug-likeness (QED) is 0.210. The first-order chi connectivity index (χ1) is 21.4. The molecular weight excluding hydrogens is 616 g/mol. The maximum Gasteiger partial charge on any atom is 0.328 e. The first-order valence-corrected chi connectivity index (χ1v) is 16.2. The Labute approximate surface area is 275 Å². The van der Waals surface area contributed by atoms with Crippen LogP contribution in [0.4, 0.5) is 0 Å². The van der Waals surface area contributed by atoms with Crippen molar-refractivity contribution < 1.29 is 28.6 Å². The molecule has 3 aromatic rings. The van der Waals surface area contributed by atoms with Gasteiger partial charge in [0.15, 0.2) is 5.78 Å². The Balaban J connectivity index is 0.00000552. The summed E-state index contributed by atoms with van der Waals surface area (Å²) in [7, 11) is 2.94. The Kier molecular flexibility index (Phi) is 14.4. The summed E-state index contributed by atoms with van der Waals surface area (Å²) in [5.41, 5.74) is 1.83. The Hall–Kier alpha value is -3.38. The molecule has 2 heterocycles. The van der Waals surface area contributed by atoms with E-state index >= 15 is 0 Å². The second-order valence-electron chi connectivity index (χ2n) is 10.9. The number of halogens is 1. The van der Waals surface area contributed by atoms with Crippen LogP contribution in [0.15, 0.2) is 67.1 Å². The second-order valence-corrected chi connectivity index (χ2v) is 11.9. The molecule has 10 nitrogen and oxygen atoms in total. The van der Waals surface area contributed by atoms with Gasteiger partial charge < -0.3 is 29.4 Å². The number of Topliss-reactive ketones (excluding diaryl/α,β-unsaturated/α-hetero) is 1. The van der Waals surface area contributed by atoms with Gasteiger partial charge in [0, 0.05) is 24.9 Å². The molecule has 2 aromatic carbocycles. The third kappa shape index (κ3) is 10.1. The highest BCUT2D eigenvalue weighted by Gasteiger charge is 2.42. The standard InChI is InChI=1S/C33H42N4O6S.ClH/c1-41-27-12-10-25(11-13-27)21-37-23-34-20-26(37)19-30(38)33(15-7-16-35-33)22-43-29(18-24-8-5-4-6-9-24)31(39)36-28(14-17-44-3)32(40)42-2;/h4-6,8-13,20,23,28-29,35H,7,14-19,21-22H2,1-3H3,(H,36,39);1H/t28-,29?,33+;/m1./s1. The molecule has 3 atom stereocenters. The maximum atomic E-state index is 13.9. The summed E-state index contributed by atoms with van der Waals surface area (Å²) < 4.78 is 18.5. The van der Waals surface area contributed by atoms with E-state index in [2.05, 4.69) is 15.6 Å². The number of nitrogens with one attached hydrogen (secondary N) is 2. The van der Waals surface area contributed by atoms with Gasteiger partial charge in [0.05, 0.1) is 33.6 Å². The second kappa shape index (κ2) is 17.9. The fourth-order valence-electron chi connectivity index (χ4n) is 5.34. The van der Waals surface area contributed by atoms with E-state index in [0.29, 0.717) is 38.1 Å². The minimum Gasteiger partial charge on any atom is -0.497 e. The van der Waals surface area contributed by atoms with E-state index in [-0.39, 0.29) is 31.2 Å². The molecule has 12 heteroatoms.